The molecule has 26 heavy (non-hydrogen) atoms. The molecule has 0 aliphatic carbocycles. The van der Waals surface area contributed by atoms with Crippen molar-refractivity contribution in [1.29, 1.82) is 0 Å². The molecular weight excluding hydrogens is 340 g/mol. The van der Waals surface area contributed by atoms with Crippen molar-refractivity contribution in [3.8, 4) is 0 Å². The average molecular weight is 355 g/mol. The molecule has 0 aliphatic rings. The summed E-state index contributed by atoms with van der Waals surface area (Å²) in [4.78, 5) is 29.6. The number of fused-ring (bicyclic) bond motifs is 1. The van der Waals surface area contributed by atoms with E-state index in [0.717, 1.165) is 22.4 Å². The molecule has 0 radical (unpaired) electrons. The van der Waals surface area contributed by atoms with Crippen LogP contribution in [-0.4, -0.2) is 23.3 Å². The maximum Gasteiger partial charge on any atom is 0.244 e. The van der Waals surface area contributed by atoms with Crippen molar-refractivity contribution in [2.75, 3.05) is 16.8 Å². The van der Waals surface area contributed by atoms with E-state index in [-0.39, 0.29) is 12.2 Å². The second kappa shape index (κ2) is 7.26. The van der Waals surface area contributed by atoms with Crippen molar-refractivity contribution in [3.05, 3.63) is 66.4 Å². The highest BCUT2D eigenvalue weighted by Gasteiger charge is 2.18. The van der Waals surface area contributed by atoms with Gasteiger partial charge in [0.2, 0.25) is 11.8 Å². The first-order valence-corrected chi connectivity index (χ1v) is 7.82. The second-order valence-corrected chi connectivity index (χ2v) is 5.63. The van der Waals surface area contributed by atoms with Crippen LogP contribution in [0.2, 0.25) is 0 Å². The third-order valence-corrected chi connectivity index (χ3v) is 3.80. The molecule has 5 nitrogen and oxygen atoms in total. The summed E-state index contributed by atoms with van der Waals surface area (Å²) in [6, 6.07) is 12.0. The summed E-state index contributed by atoms with van der Waals surface area (Å²) in [5, 5.41) is 3.56. The Morgan fingerprint density at radius 3 is 2.58 bits per heavy atom. The highest BCUT2D eigenvalue weighted by atomic mass is 19.2. The fourth-order valence-electron chi connectivity index (χ4n) is 2.58. The number of aromatic nitrogens is 1. The molecule has 3 rings (SSSR count). The Hall–Kier alpha value is -3.35. The van der Waals surface area contributed by atoms with E-state index in [1.807, 2.05) is 12.1 Å². The third-order valence-electron chi connectivity index (χ3n) is 3.80. The van der Waals surface area contributed by atoms with E-state index in [0.29, 0.717) is 11.2 Å². The molecule has 3 aromatic rings. The highest BCUT2D eigenvalue weighted by Crippen LogP contribution is 2.22. The zero-order valence-electron chi connectivity index (χ0n) is 13.9. The van der Waals surface area contributed by atoms with E-state index in [9.17, 15) is 18.4 Å². The first-order valence-electron chi connectivity index (χ1n) is 7.82. The minimum absolute atomic E-state index is 0.0996. The smallest absolute Gasteiger partial charge is 0.244 e. The van der Waals surface area contributed by atoms with Gasteiger partial charge < -0.3 is 10.2 Å². The van der Waals surface area contributed by atoms with Gasteiger partial charge in [0.25, 0.3) is 0 Å². The molecule has 0 fully saturated rings. The Balaban J connectivity index is 1.82. The lowest BCUT2D eigenvalue weighted by Gasteiger charge is -2.21. The number of nitrogens with one attached hydrogen (secondary N) is 1. The second-order valence-electron chi connectivity index (χ2n) is 5.63. The van der Waals surface area contributed by atoms with Crippen LogP contribution < -0.4 is 10.2 Å². The predicted molar refractivity (Wildman–Crippen MR) is 94.8 cm³/mol. The molecular formula is C19H15F2N3O2. The lowest BCUT2D eigenvalue weighted by atomic mass is 10.2. The Kier molecular flexibility index (Phi) is 4.88. The van der Waals surface area contributed by atoms with E-state index in [1.165, 1.54) is 13.0 Å². The van der Waals surface area contributed by atoms with Crippen LogP contribution in [0.4, 0.5) is 20.2 Å². The van der Waals surface area contributed by atoms with Gasteiger partial charge in [-0.2, -0.15) is 0 Å². The van der Waals surface area contributed by atoms with Gasteiger partial charge in [-0.15, -0.1) is 0 Å². The number of carbonyl (C=O) groups is 2. The number of anilines is 2. The van der Waals surface area contributed by atoms with Crippen molar-refractivity contribution in [1.82, 2.24) is 4.98 Å². The maximum atomic E-state index is 13.4. The molecule has 0 aliphatic heterocycles. The fourth-order valence-corrected chi connectivity index (χ4v) is 2.58. The van der Waals surface area contributed by atoms with Crippen molar-refractivity contribution >= 4 is 34.1 Å². The summed E-state index contributed by atoms with van der Waals surface area (Å²) >= 11 is 0. The summed E-state index contributed by atoms with van der Waals surface area (Å²) < 4.78 is 26.5. The van der Waals surface area contributed by atoms with E-state index < -0.39 is 23.4 Å². The molecule has 1 heterocycles. The summed E-state index contributed by atoms with van der Waals surface area (Å²) in [6.07, 6.45) is 1.61. The van der Waals surface area contributed by atoms with Crippen LogP contribution >= 0.6 is 0 Å². The molecule has 0 unspecified atom stereocenters. The number of para-hydroxylation sites is 1. The van der Waals surface area contributed by atoms with Gasteiger partial charge in [0.1, 0.15) is 6.54 Å². The van der Waals surface area contributed by atoms with Crippen LogP contribution in [0.1, 0.15) is 6.92 Å². The number of hydrogen-bond donors (Lipinski definition) is 1. The molecule has 0 bridgehead atoms. The third kappa shape index (κ3) is 3.66. The van der Waals surface area contributed by atoms with Gasteiger partial charge in [-0.3, -0.25) is 14.6 Å². The Morgan fingerprint density at radius 2 is 1.85 bits per heavy atom. The SMILES string of the molecule is CC(=O)N(CC(=O)Nc1cccc2cccnc12)c1ccc(F)c(F)c1. The lowest BCUT2D eigenvalue weighted by molar-refractivity contribution is -0.120. The molecule has 1 aromatic heterocycles. The van der Waals surface area contributed by atoms with Gasteiger partial charge in [-0.05, 0) is 24.3 Å². The normalized spacial score (nSPS) is 10.6. The van der Waals surface area contributed by atoms with Gasteiger partial charge >= 0.3 is 0 Å². The molecule has 0 atom stereocenters. The summed E-state index contributed by atoms with van der Waals surface area (Å²) in [6.45, 7) is 0.900. The quantitative estimate of drug-likeness (QED) is 0.779. The number of benzene rings is 2. The monoisotopic (exact) mass is 355 g/mol. The number of nitrogens with zero attached hydrogens (tertiary/aromatic N) is 2. The predicted octanol–water partition coefficient (Wildman–Crippen LogP) is 3.50. The van der Waals surface area contributed by atoms with Crippen molar-refractivity contribution < 1.29 is 18.4 Å². The minimum atomic E-state index is -1.09. The van der Waals surface area contributed by atoms with E-state index in [1.54, 1.807) is 24.4 Å². The maximum absolute atomic E-state index is 13.4. The summed E-state index contributed by atoms with van der Waals surface area (Å²) in [5.74, 6) is -3.07. The van der Waals surface area contributed by atoms with Crippen LogP contribution in [-0.2, 0) is 9.59 Å². The van der Waals surface area contributed by atoms with Crippen LogP contribution in [0.3, 0.4) is 0 Å². The number of hydrogen-bond acceptors (Lipinski definition) is 3. The topological polar surface area (TPSA) is 62.3 Å². The van der Waals surface area contributed by atoms with Gasteiger partial charge in [-0.1, -0.05) is 18.2 Å². The van der Waals surface area contributed by atoms with E-state index in [2.05, 4.69) is 10.3 Å². The standard InChI is InChI=1S/C19H15F2N3O2/c1-12(25)24(14-7-8-15(20)16(21)10-14)11-18(26)23-17-6-2-4-13-5-3-9-22-19(13)17/h2-10H,11H2,1H3,(H,23,26). The molecule has 132 valence electrons. The average Bonchev–Trinajstić information content (AvgIpc) is 2.62. The highest BCUT2D eigenvalue weighted by molar-refractivity contribution is 6.05. The molecule has 2 aromatic carbocycles. The molecule has 0 saturated carbocycles. The van der Waals surface area contributed by atoms with Crippen molar-refractivity contribution in [2.24, 2.45) is 0 Å². The van der Waals surface area contributed by atoms with Crippen LogP contribution in [0, 0.1) is 11.6 Å². The van der Waals surface area contributed by atoms with Crippen LogP contribution in [0.15, 0.2) is 54.7 Å². The van der Waals surface area contributed by atoms with Gasteiger partial charge in [0.15, 0.2) is 11.6 Å². The lowest BCUT2D eigenvalue weighted by Crippen LogP contribution is -2.36. The number of halogens is 2. The van der Waals surface area contributed by atoms with Crippen molar-refractivity contribution in [2.45, 2.75) is 6.92 Å². The van der Waals surface area contributed by atoms with Gasteiger partial charge in [0.05, 0.1) is 11.2 Å². The molecule has 0 saturated heterocycles. The van der Waals surface area contributed by atoms with Crippen molar-refractivity contribution in [3.63, 3.8) is 0 Å². The first-order chi connectivity index (χ1) is 12.5. The number of rotatable bonds is 4. The Morgan fingerprint density at radius 1 is 1.08 bits per heavy atom. The zero-order chi connectivity index (χ0) is 18.7. The minimum Gasteiger partial charge on any atom is -0.323 e. The number of carbonyl (C=O) groups excluding carboxylic acids is 2. The summed E-state index contributed by atoms with van der Waals surface area (Å²) in [5.41, 5.74) is 1.22. The van der Waals surface area contributed by atoms with Crippen LogP contribution in [0.5, 0.6) is 0 Å². The fraction of sp³-hybridized carbons (Fsp3) is 0.105. The first kappa shape index (κ1) is 17.5. The largest absolute Gasteiger partial charge is 0.323 e. The van der Waals surface area contributed by atoms with Gasteiger partial charge in [0, 0.05) is 30.3 Å². The number of amides is 2. The molecule has 0 spiro atoms. The molecule has 7 heteroatoms. The molecule has 2 amide bonds. The van der Waals surface area contributed by atoms with E-state index in [4.69, 9.17) is 0 Å². The Labute approximate surface area is 148 Å². The molecule has 1 N–H and O–H groups in total. The van der Waals surface area contributed by atoms with Gasteiger partial charge in [-0.25, -0.2) is 8.78 Å². The Bertz CT molecular complexity index is 986. The van der Waals surface area contributed by atoms with Crippen LogP contribution in [0.25, 0.3) is 10.9 Å². The zero-order valence-corrected chi connectivity index (χ0v) is 13.9. The van der Waals surface area contributed by atoms with E-state index >= 15 is 0 Å². The summed E-state index contributed by atoms with van der Waals surface area (Å²) in [7, 11) is 0. The number of pyridine rings is 1.